The van der Waals surface area contributed by atoms with Gasteiger partial charge < -0.3 is 15.5 Å². The number of anilines is 2. The van der Waals surface area contributed by atoms with Crippen molar-refractivity contribution < 1.29 is 9.59 Å². The fourth-order valence-corrected chi connectivity index (χ4v) is 3.65. The summed E-state index contributed by atoms with van der Waals surface area (Å²) >= 11 is 0. The molecule has 2 aromatic rings. The molecule has 0 unspecified atom stereocenters. The number of nitrogens with zero attached hydrogens (tertiary/aromatic N) is 1. The minimum atomic E-state index is -0.101. The topological polar surface area (TPSA) is 61.4 Å². The Hall–Kier alpha value is -2.82. The van der Waals surface area contributed by atoms with Gasteiger partial charge in [0.2, 0.25) is 5.91 Å². The highest BCUT2D eigenvalue weighted by atomic mass is 16.2. The van der Waals surface area contributed by atoms with Crippen LogP contribution >= 0.6 is 0 Å². The molecule has 0 aromatic heterocycles. The summed E-state index contributed by atoms with van der Waals surface area (Å²) < 4.78 is 0. The van der Waals surface area contributed by atoms with Crippen molar-refractivity contribution >= 4 is 23.2 Å². The number of likely N-dealkylation sites (N-methyl/N-ethyl adjacent to an activating group) is 1. The molecule has 148 valence electrons. The van der Waals surface area contributed by atoms with Crippen molar-refractivity contribution in [3.05, 3.63) is 60.2 Å². The highest BCUT2D eigenvalue weighted by Gasteiger charge is 2.17. The molecule has 2 amide bonds. The van der Waals surface area contributed by atoms with E-state index >= 15 is 0 Å². The Morgan fingerprint density at radius 1 is 1.00 bits per heavy atom. The first-order valence-corrected chi connectivity index (χ1v) is 10.2. The molecule has 2 N–H and O–H groups in total. The van der Waals surface area contributed by atoms with E-state index in [1.54, 1.807) is 18.2 Å². The lowest BCUT2D eigenvalue weighted by Crippen LogP contribution is -2.36. The summed E-state index contributed by atoms with van der Waals surface area (Å²) in [4.78, 5) is 27.0. The molecule has 0 bridgehead atoms. The minimum absolute atomic E-state index is 0.0672. The van der Waals surface area contributed by atoms with Gasteiger partial charge in [0.25, 0.3) is 5.91 Å². The molecule has 1 saturated carbocycles. The van der Waals surface area contributed by atoms with Gasteiger partial charge in [0.15, 0.2) is 0 Å². The van der Waals surface area contributed by atoms with Crippen LogP contribution in [0.1, 0.15) is 49.4 Å². The summed E-state index contributed by atoms with van der Waals surface area (Å²) in [6.07, 6.45) is 5.71. The van der Waals surface area contributed by atoms with Crippen LogP contribution in [-0.2, 0) is 4.79 Å². The highest BCUT2D eigenvalue weighted by molar-refractivity contribution is 5.98. The van der Waals surface area contributed by atoms with Crippen molar-refractivity contribution in [3.8, 4) is 0 Å². The first-order valence-electron chi connectivity index (χ1n) is 10.2. The smallest absolute Gasteiger partial charge is 0.251 e. The predicted octanol–water partition coefficient (Wildman–Crippen LogP) is 4.21. The molecular weight excluding hydrogens is 350 g/mol. The zero-order chi connectivity index (χ0) is 19.8. The van der Waals surface area contributed by atoms with Crippen LogP contribution in [0.4, 0.5) is 11.4 Å². The van der Waals surface area contributed by atoms with E-state index in [-0.39, 0.29) is 24.4 Å². The van der Waals surface area contributed by atoms with Gasteiger partial charge >= 0.3 is 0 Å². The second-order valence-corrected chi connectivity index (χ2v) is 7.29. The van der Waals surface area contributed by atoms with E-state index in [0.29, 0.717) is 11.3 Å². The molecule has 5 heteroatoms. The van der Waals surface area contributed by atoms with Gasteiger partial charge in [0.05, 0.1) is 6.54 Å². The van der Waals surface area contributed by atoms with Crippen LogP contribution in [0.2, 0.25) is 0 Å². The van der Waals surface area contributed by atoms with E-state index in [9.17, 15) is 9.59 Å². The van der Waals surface area contributed by atoms with Gasteiger partial charge in [-0.05, 0) is 50.1 Å². The summed E-state index contributed by atoms with van der Waals surface area (Å²) in [7, 11) is 0. The van der Waals surface area contributed by atoms with Gasteiger partial charge in [0.1, 0.15) is 0 Å². The first-order chi connectivity index (χ1) is 13.7. The van der Waals surface area contributed by atoms with Gasteiger partial charge in [-0.15, -0.1) is 0 Å². The number of hydrogen-bond acceptors (Lipinski definition) is 3. The second kappa shape index (κ2) is 9.93. The molecule has 1 aliphatic carbocycles. The first kappa shape index (κ1) is 19.9. The maximum absolute atomic E-state index is 12.5. The molecule has 28 heavy (non-hydrogen) atoms. The molecule has 3 rings (SSSR count). The molecule has 1 aliphatic rings. The average Bonchev–Trinajstić information content (AvgIpc) is 2.73. The lowest BCUT2D eigenvalue weighted by Gasteiger charge is -2.23. The van der Waals surface area contributed by atoms with Crippen LogP contribution in [0.3, 0.4) is 0 Å². The molecule has 0 radical (unpaired) electrons. The monoisotopic (exact) mass is 379 g/mol. The fraction of sp³-hybridized carbons (Fsp3) is 0.391. The van der Waals surface area contributed by atoms with Crippen molar-refractivity contribution in [2.45, 2.75) is 45.1 Å². The number of benzene rings is 2. The Labute approximate surface area is 167 Å². The third-order valence-electron chi connectivity index (χ3n) is 5.19. The Morgan fingerprint density at radius 2 is 1.75 bits per heavy atom. The molecule has 2 aromatic carbocycles. The van der Waals surface area contributed by atoms with Crippen molar-refractivity contribution in [3.63, 3.8) is 0 Å². The standard InChI is InChI=1S/C23H29N3O2/c1-2-26(21-14-7-4-8-15-21)17-22(27)24-20-13-9-10-18(16-20)23(28)25-19-11-5-3-6-12-19/h4,7-10,13-16,19H,2-3,5-6,11-12,17H2,1H3,(H,24,27)(H,25,28). The van der Waals surface area contributed by atoms with Crippen molar-refractivity contribution in [1.29, 1.82) is 0 Å². The van der Waals surface area contributed by atoms with Gasteiger partial charge in [0, 0.05) is 29.5 Å². The second-order valence-electron chi connectivity index (χ2n) is 7.29. The number of hydrogen-bond donors (Lipinski definition) is 2. The quantitative estimate of drug-likeness (QED) is 0.757. The number of amides is 2. The predicted molar refractivity (Wildman–Crippen MR) is 114 cm³/mol. The third kappa shape index (κ3) is 5.59. The van der Waals surface area contributed by atoms with Crippen LogP contribution < -0.4 is 15.5 Å². The van der Waals surface area contributed by atoms with Crippen molar-refractivity contribution in [2.24, 2.45) is 0 Å². The highest BCUT2D eigenvalue weighted by Crippen LogP contribution is 2.19. The van der Waals surface area contributed by atoms with Crippen molar-refractivity contribution in [1.82, 2.24) is 5.32 Å². The third-order valence-corrected chi connectivity index (χ3v) is 5.19. The molecular formula is C23H29N3O2. The number of nitrogens with one attached hydrogen (secondary N) is 2. The van der Waals surface area contributed by atoms with Crippen molar-refractivity contribution in [2.75, 3.05) is 23.3 Å². The largest absolute Gasteiger partial charge is 0.362 e. The lowest BCUT2D eigenvalue weighted by atomic mass is 9.95. The average molecular weight is 380 g/mol. The van der Waals surface area contributed by atoms with Gasteiger partial charge in [-0.25, -0.2) is 0 Å². The summed E-state index contributed by atoms with van der Waals surface area (Å²) in [6, 6.07) is 17.3. The van der Waals surface area contributed by atoms with Crippen LogP contribution in [0.15, 0.2) is 54.6 Å². The van der Waals surface area contributed by atoms with E-state index < -0.39 is 0 Å². The Bertz CT molecular complexity index is 785. The van der Waals surface area contributed by atoms with E-state index in [2.05, 4.69) is 10.6 Å². The molecule has 0 heterocycles. The van der Waals surface area contributed by atoms with E-state index in [1.165, 1.54) is 19.3 Å². The fourth-order valence-electron chi connectivity index (χ4n) is 3.65. The van der Waals surface area contributed by atoms with E-state index in [1.807, 2.05) is 48.2 Å². The van der Waals surface area contributed by atoms with Crippen LogP contribution in [0.25, 0.3) is 0 Å². The molecule has 0 atom stereocenters. The van der Waals surface area contributed by atoms with Gasteiger partial charge in [-0.2, -0.15) is 0 Å². The van der Waals surface area contributed by atoms with E-state index in [0.717, 1.165) is 25.1 Å². The lowest BCUT2D eigenvalue weighted by molar-refractivity contribution is -0.115. The molecule has 5 nitrogen and oxygen atoms in total. The number of para-hydroxylation sites is 1. The molecule has 0 spiro atoms. The summed E-state index contributed by atoms with van der Waals surface area (Å²) in [5.74, 6) is -0.169. The van der Waals surface area contributed by atoms with Gasteiger partial charge in [-0.1, -0.05) is 43.5 Å². The molecule has 0 saturated heterocycles. The zero-order valence-corrected chi connectivity index (χ0v) is 16.5. The van der Waals surface area contributed by atoms with Crippen LogP contribution in [0, 0.1) is 0 Å². The molecule has 1 fully saturated rings. The summed E-state index contributed by atoms with van der Waals surface area (Å²) in [5.41, 5.74) is 2.24. The summed E-state index contributed by atoms with van der Waals surface area (Å²) in [5, 5.41) is 6.03. The number of carbonyl (C=O) groups is 2. The normalized spacial score (nSPS) is 14.3. The van der Waals surface area contributed by atoms with Crippen LogP contribution in [0.5, 0.6) is 0 Å². The van der Waals surface area contributed by atoms with Gasteiger partial charge in [-0.3, -0.25) is 9.59 Å². The number of rotatable bonds is 7. The Morgan fingerprint density at radius 3 is 2.46 bits per heavy atom. The maximum Gasteiger partial charge on any atom is 0.251 e. The van der Waals surface area contributed by atoms with Crippen LogP contribution in [-0.4, -0.2) is 30.9 Å². The summed E-state index contributed by atoms with van der Waals surface area (Å²) in [6.45, 7) is 3.02. The zero-order valence-electron chi connectivity index (χ0n) is 16.5. The maximum atomic E-state index is 12.5. The van der Waals surface area contributed by atoms with E-state index in [4.69, 9.17) is 0 Å². The Kier molecular flexibility index (Phi) is 7.06. The molecule has 0 aliphatic heterocycles. The SMILES string of the molecule is CCN(CC(=O)Nc1cccc(C(=O)NC2CCCCC2)c1)c1ccccc1. The Balaban J connectivity index is 1.58. The minimum Gasteiger partial charge on any atom is -0.362 e. The number of carbonyl (C=O) groups excluding carboxylic acids is 2.